The number of aliphatic hydroxyl groups excluding tert-OH is 1. The number of thiol groups is 1. The van der Waals surface area contributed by atoms with Crippen LogP contribution >= 0.6 is 12.6 Å². The second-order valence-corrected chi connectivity index (χ2v) is 7.28. The summed E-state index contributed by atoms with van der Waals surface area (Å²) in [7, 11) is 1.40. The summed E-state index contributed by atoms with van der Waals surface area (Å²) in [6, 6.07) is 0. The Labute approximate surface area is 154 Å². The van der Waals surface area contributed by atoms with E-state index in [0.717, 1.165) is 0 Å². The standard InChI is InChI=1S/C16H30N2O6S/c1-11(19)9-16(22-4)23-10-15(2,3)13(24-16)14(21)18-6-5-12(20)17-7-8-25/h11,13,19,25H,5-10H2,1-4H3,(H,17,20)(H,18,21)/t11?,13-,16?/m0/s1. The average molecular weight is 378 g/mol. The molecule has 0 aliphatic carbocycles. The van der Waals surface area contributed by atoms with E-state index in [9.17, 15) is 14.7 Å². The molecule has 3 atom stereocenters. The van der Waals surface area contributed by atoms with Gasteiger partial charge >= 0.3 is 0 Å². The van der Waals surface area contributed by atoms with E-state index in [1.807, 2.05) is 13.8 Å². The summed E-state index contributed by atoms with van der Waals surface area (Å²) in [5, 5.41) is 15.0. The maximum absolute atomic E-state index is 12.5. The number of carbonyl (C=O) groups excluding carboxylic acids is 2. The van der Waals surface area contributed by atoms with Crippen molar-refractivity contribution in [3.8, 4) is 0 Å². The van der Waals surface area contributed by atoms with Gasteiger partial charge in [-0.3, -0.25) is 9.59 Å². The normalized spacial score (nSPS) is 26.7. The number of hydrogen-bond acceptors (Lipinski definition) is 7. The van der Waals surface area contributed by atoms with Crippen LogP contribution in [0.5, 0.6) is 0 Å². The SMILES string of the molecule is COC1(CC(C)O)OCC(C)(C)[C@H](C(=O)NCCC(=O)NCCS)O1. The van der Waals surface area contributed by atoms with Crippen LogP contribution in [0.15, 0.2) is 0 Å². The smallest absolute Gasteiger partial charge is 0.285 e. The van der Waals surface area contributed by atoms with Crippen LogP contribution in [0.25, 0.3) is 0 Å². The van der Waals surface area contributed by atoms with Crippen LogP contribution in [0.1, 0.15) is 33.6 Å². The summed E-state index contributed by atoms with van der Waals surface area (Å²) in [5.41, 5.74) is -0.584. The highest BCUT2D eigenvalue weighted by molar-refractivity contribution is 7.80. The highest BCUT2D eigenvalue weighted by atomic mass is 32.1. The fourth-order valence-electron chi connectivity index (χ4n) is 2.49. The van der Waals surface area contributed by atoms with Gasteiger partial charge in [-0.25, -0.2) is 0 Å². The zero-order valence-corrected chi connectivity index (χ0v) is 16.2. The number of aliphatic hydroxyl groups is 1. The molecule has 146 valence electrons. The maximum Gasteiger partial charge on any atom is 0.285 e. The van der Waals surface area contributed by atoms with Crippen molar-refractivity contribution in [1.82, 2.24) is 10.6 Å². The molecule has 25 heavy (non-hydrogen) atoms. The van der Waals surface area contributed by atoms with Crippen LogP contribution < -0.4 is 10.6 Å². The molecule has 0 bridgehead atoms. The number of hydrogen-bond donors (Lipinski definition) is 4. The van der Waals surface area contributed by atoms with Gasteiger partial charge in [-0.05, 0) is 6.92 Å². The Morgan fingerprint density at radius 3 is 2.60 bits per heavy atom. The van der Waals surface area contributed by atoms with Gasteiger partial charge in [0, 0.05) is 37.8 Å². The molecule has 0 saturated carbocycles. The average Bonchev–Trinajstić information content (AvgIpc) is 2.54. The number of rotatable bonds is 9. The van der Waals surface area contributed by atoms with Gasteiger partial charge < -0.3 is 30.0 Å². The largest absolute Gasteiger partial charge is 0.393 e. The second kappa shape index (κ2) is 9.72. The molecule has 1 saturated heterocycles. The second-order valence-electron chi connectivity index (χ2n) is 6.83. The van der Waals surface area contributed by atoms with Crippen LogP contribution in [0.4, 0.5) is 0 Å². The lowest BCUT2D eigenvalue weighted by atomic mass is 9.85. The van der Waals surface area contributed by atoms with E-state index in [1.54, 1.807) is 6.92 Å². The molecule has 1 heterocycles. The zero-order valence-electron chi connectivity index (χ0n) is 15.3. The van der Waals surface area contributed by atoms with E-state index in [0.29, 0.717) is 12.3 Å². The third-order valence-electron chi connectivity index (χ3n) is 3.85. The van der Waals surface area contributed by atoms with Crippen molar-refractivity contribution >= 4 is 24.4 Å². The Morgan fingerprint density at radius 2 is 2.04 bits per heavy atom. The van der Waals surface area contributed by atoms with Crippen molar-refractivity contribution in [2.75, 3.05) is 32.6 Å². The molecule has 0 aromatic rings. The number of carbonyl (C=O) groups is 2. The molecule has 2 amide bonds. The Morgan fingerprint density at radius 1 is 1.36 bits per heavy atom. The highest BCUT2D eigenvalue weighted by Crippen LogP contribution is 2.37. The minimum atomic E-state index is -1.46. The van der Waals surface area contributed by atoms with Gasteiger partial charge in [0.1, 0.15) is 6.10 Å². The summed E-state index contributed by atoms with van der Waals surface area (Å²) in [6.45, 7) is 6.20. The molecule has 8 nitrogen and oxygen atoms in total. The van der Waals surface area contributed by atoms with E-state index < -0.39 is 23.6 Å². The maximum atomic E-state index is 12.5. The molecule has 1 fully saturated rings. The summed E-state index contributed by atoms with van der Waals surface area (Å²) >= 11 is 4.01. The van der Waals surface area contributed by atoms with Gasteiger partial charge in [0.25, 0.3) is 5.97 Å². The topological polar surface area (TPSA) is 106 Å². The highest BCUT2D eigenvalue weighted by Gasteiger charge is 2.50. The van der Waals surface area contributed by atoms with Crippen molar-refractivity contribution in [1.29, 1.82) is 0 Å². The molecule has 0 aromatic heterocycles. The van der Waals surface area contributed by atoms with Crippen molar-refractivity contribution in [2.24, 2.45) is 5.41 Å². The lowest BCUT2D eigenvalue weighted by molar-refractivity contribution is -0.429. The first-order chi connectivity index (χ1) is 11.7. The van der Waals surface area contributed by atoms with E-state index in [4.69, 9.17) is 14.2 Å². The molecular weight excluding hydrogens is 348 g/mol. The van der Waals surface area contributed by atoms with Crippen LogP contribution in [0.3, 0.4) is 0 Å². The van der Waals surface area contributed by atoms with Gasteiger partial charge in [-0.1, -0.05) is 13.8 Å². The molecule has 0 aromatic carbocycles. The fourth-order valence-corrected chi connectivity index (χ4v) is 2.60. The monoisotopic (exact) mass is 378 g/mol. The third kappa shape index (κ3) is 6.74. The Balaban J connectivity index is 2.65. The summed E-state index contributed by atoms with van der Waals surface area (Å²) < 4.78 is 16.8. The van der Waals surface area contributed by atoms with Crippen molar-refractivity contribution < 1.29 is 28.9 Å². The van der Waals surface area contributed by atoms with Crippen molar-refractivity contribution in [2.45, 2.75) is 51.8 Å². The zero-order chi connectivity index (χ0) is 19.1. The van der Waals surface area contributed by atoms with E-state index in [2.05, 4.69) is 23.3 Å². The van der Waals surface area contributed by atoms with Crippen LogP contribution in [-0.2, 0) is 23.8 Å². The Bertz CT molecular complexity index is 460. The van der Waals surface area contributed by atoms with Crippen LogP contribution in [-0.4, -0.2) is 67.7 Å². The van der Waals surface area contributed by atoms with Gasteiger partial charge in [-0.15, -0.1) is 0 Å². The quantitative estimate of drug-likeness (QED) is 0.423. The van der Waals surface area contributed by atoms with Crippen molar-refractivity contribution in [3.63, 3.8) is 0 Å². The van der Waals surface area contributed by atoms with Gasteiger partial charge in [-0.2, -0.15) is 12.6 Å². The van der Waals surface area contributed by atoms with Crippen molar-refractivity contribution in [3.05, 3.63) is 0 Å². The first-order valence-corrected chi connectivity index (χ1v) is 8.99. The van der Waals surface area contributed by atoms with E-state index in [-0.39, 0.29) is 37.8 Å². The molecular formula is C16H30N2O6S. The molecule has 3 N–H and O–H groups in total. The molecule has 9 heteroatoms. The summed E-state index contributed by atoms with van der Waals surface area (Å²) in [6.07, 6.45) is -1.30. The third-order valence-corrected chi connectivity index (χ3v) is 4.07. The van der Waals surface area contributed by atoms with Gasteiger partial charge in [0.15, 0.2) is 0 Å². The minimum Gasteiger partial charge on any atom is -0.393 e. The lowest BCUT2D eigenvalue weighted by Crippen LogP contribution is -2.59. The lowest BCUT2D eigenvalue weighted by Gasteiger charge is -2.46. The molecule has 1 aliphatic rings. The predicted octanol–water partition coefficient (Wildman–Crippen LogP) is 0.0514. The Hall–Kier alpha value is -0.870. The molecule has 0 radical (unpaired) electrons. The molecule has 0 spiro atoms. The number of ether oxygens (including phenoxy) is 3. The number of amides is 2. The molecule has 2 unspecified atom stereocenters. The van der Waals surface area contributed by atoms with Crippen LogP contribution in [0.2, 0.25) is 0 Å². The number of methoxy groups -OCH3 is 1. The minimum absolute atomic E-state index is 0.0789. The van der Waals surface area contributed by atoms with Crippen LogP contribution in [0, 0.1) is 5.41 Å². The molecule has 1 aliphatic heterocycles. The fraction of sp³-hybridized carbons (Fsp3) is 0.875. The van der Waals surface area contributed by atoms with E-state index in [1.165, 1.54) is 7.11 Å². The first-order valence-electron chi connectivity index (χ1n) is 8.36. The summed E-state index contributed by atoms with van der Waals surface area (Å²) in [4.78, 5) is 24.1. The molecule has 1 rings (SSSR count). The van der Waals surface area contributed by atoms with E-state index >= 15 is 0 Å². The van der Waals surface area contributed by atoms with Gasteiger partial charge in [0.05, 0.1) is 19.1 Å². The summed E-state index contributed by atoms with van der Waals surface area (Å²) in [5.74, 6) is -1.40. The predicted molar refractivity (Wildman–Crippen MR) is 95.1 cm³/mol. The van der Waals surface area contributed by atoms with Gasteiger partial charge in [0.2, 0.25) is 11.8 Å². The first kappa shape index (κ1) is 22.2. The Kier molecular flexibility index (Phi) is 8.62. The number of nitrogens with one attached hydrogen (secondary N) is 2.